The Morgan fingerprint density at radius 2 is 2.19 bits per heavy atom. The van der Waals surface area contributed by atoms with E-state index in [2.05, 4.69) is 5.32 Å². The molecule has 0 saturated carbocycles. The van der Waals surface area contributed by atoms with Crippen LogP contribution in [0.1, 0.15) is 35.2 Å². The second kappa shape index (κ2) is 6.24. The lowest BCUT2D eigenvalue weighted by Crippen LogP contribution is -2.42. The second-order valence-electron chi connectivity index (χ2n) is 6.28. The number of phenolic OH excluding ortho intramolecular Hbond substituents is 1. The van der Waals surface area contributed by atoms with Crippen LogP contribution in [0.4, 0.5) is 0 Å². The Labute approximate surface area is 131 Å². The normalized spacial score (nSPS) is 24.9. The Morgan fingerprint density at radius 3 is 2.90 bits per heavy atom. The average Bonchev–Trinajstić information content (AvgIpc) is 2.85. The number of carbonyl (C=O) groups is 1. The molecule has 1 aromatic carbocycles. The van der Waals surface area contributed by atoms with E-state index in [9.17, 15) is 9.90 Å². The van der Waals surface area contributed by atoms with E-state index in [4.69, 9.17) is 0 Å². The van der Waals surface area contributed by atoms with Gasteiger partial charge in [0, 0.05) is 25.0 Å². The van der Waals surface area contributed by atoms with E-state index < -0.39 is 0 Å². The first-order valence-corrected chi connectivity index (χ1v) is 7.39. The van der Waals surface area contributed by atoms with Crippen molar-refractivity contribution >= 4 is 18.3 Å². The first-order valence-electron chi connectivity index (χ1n) is 7.39. The number of hydrogen-bond donors (Lipinski definition) is 2. The number of hydrogen-bond acceptors (Lipinski definition) is 3. The standard InChI is InChI=1S/C16H22N2O2.ClH/c1-12-3-4-14(19)13(9-12)15(20)18-8-6-16(11-18)5-2-7-17-10-16;/h3-4,9,17,19H,2,5-8,10-11H2,1H3;1H. The zero-order valence-electron chi connectivity index (χ0n) is 12.4. The van der Waals surface area contributed by atoms with E-state index in [1.807, 2.05) is 17.9 Å². The fourth-order valence-corrected chi connectivity index (χ4v) is 3.48. The number of carbonyl (C=O) groups excluding carboxylic acids is 1. The van der Waals surface area contributed by atoms with Crippen molar-refractivity contribution in [3.8, 4) is 5.75 Å². The third-order valence-electron chi connectivity index (χ3n) is 4.67. The Bertz CT molecular complexity index is 527. The average molecular weight is 311 g/mol. The zero-order chi connectivity index (χ0) is 14.2. The van der Waals surface area contributed by atoms with Crippen LogP contribution in [-0.4, -0.2) is 42.1 Å². The van der Waals surface area contributed by atoms with Crippen molar-refractivity contribution in [2.45, 2.75) is 26.2 Å². The van der Waals surface area contributed by atoms with Crippen LogP contribution in [0.25, 0.3) is 0 Å². The van der Waals surface area contributed by atoms with Gasteiger partial charge in [-0.25, -0.2) is 0 Å². The number of piperidine rings is 1. The van der Waals surface area contributed by atoms with Crippen molar-refractivity contribution in [2.75, 3.05) is 26.2 Å². The molecule has 21 heavy (non-hydrogen) atoms. The predicted octanol–water partition coefficient (Wildman–Crippen LogP) is 2.34. The highest BCUT2D eigenvalue weighted by atomic mass is 35.5. The Balaban J connectivity index is 0.00000161. The monoisotopic (exact) mass is 310 g/mol. The van der Waals surface area contributed by atoms with Gasteiger partial charge in [0.05, 0.1) is 5.56 Å². The smallest absolute Gasteiger partial charge is 0.257 e. The lowest BCUT2D eigenvalue weighted by atomic mass is 9.80. The number of amides is 1. The summed E-state index contributed by atoms with van der Waals surface area (Å²) in [6.07, 6.45) is 3.46. The van der Waals surface area contributed by atoms with Crippen molar-refractivity contribution in [3.05, 3.63) is 29.3 Å². The first-order chi connectivity index (χ1) is 9.60. The molecule has 2 aliphatic heterocycles. The molecule has 1 amide bonds. The van der Waals surface area contributed by atoms with Crippen LogP contribution < -0.4 is 5.32 Å². The van der Waals surface area contributed by atoms with Gasteiger partial charge in [-0.3, -0.25) is 4.79 Å². The summed E-state index contributed by atoms with van der Waals surface area (Å²) in [5.41, 5.74) is 1.69. The number of rotatable bonds is 1. The van der Waals surface area contributed by atoms with Crippen molar-refractivity contribution in [1.29, 1.82) is 0 Å². The minimum atomic E-state index is -0.0337. The molecule has 1 unspecified atom stereocenters. The van der Waals surface area contributed by atoms with Crippen LogP contribution in [-0.2, 0) is 0 Å². The molecule has 1 aromatic rings. The van der Waals surface area contributed by atoms with Gasteiger partial charge in [0.15, 0.2) is 0 Å². The number of nitrogens with zero attached hydrogens (tertiary/aromatic N) is 1. The number of aryl methyl sites for hydroxylation is 1. The lowest BCUT2D eigenvalue weighted by molar-refractivity contribution is 0.0761. The van der Waals surface area contributed by atoms with Gasteiger partial charge in [-0.05, 0) is 44.9 Å². The summed E-state index contributed by atoms with van der Waals surface area (Å²) in [6, 6.07) is 5.21. The van der Waals surface area contributed by atoms with Crippen molar-refractivity contribution in [1.82, 2.24) is 10.2 Å². The van der Waals surface area contributed by atoms with E-state index in [1.165, 1.54) is 12.8 Å². The minimum absolute atomic E-state index is 0. The molecule has 2 heterocycles. The molecule has 5 heteroatoms. The molecule has 1 atom stereocenters. The minimum Gasteiger partial charge on any atom is -0.507 e. The van der Waals surface area contributed by atoms with E-state index in [0.717, 1.165) is 38.2 Å². The van der Waals surface area contributed by atoms with Crippen LogP contribution >= 0.6 is 12.4 Å². The van der Waals surface area contributed by atoms with Crippen molar-refractivity contribution in [2.24, 2.45) is 5.41 Å². The molecule has 0 bridgehead atoms. The largest absolute Gasteiger partial charge is 0.507 e. The highest BCUT2D eigenvalue weighted by molar-refractivity contribution is 5.97. The van der Waals surface area contributed by atoms with Crippen LogP contribution in [0, 0.1) is 12.3 Å². The van der Waals surface area contributed by atoms with E-state index >= 15 is 0 Å². The maximum atomic E-state index is 12.6. The predicted molar refractivity (Wildman–Crippen MR) is 85.1 cm³/mol. The van der Waals surface area contributed by atoms with Crippen LogP contribution in [0.15, 0.2) is 18.2 Å². The molecule has 2 aliphatic rings. The van der Waals surface area contributed by atoms with Crippen molar-refractivity contribution in [3.63, 3.8) is 0 Å². The molecule has 1 spiro atoms. The molecular formula is C16H23ClN2O2. The Hall–Kier alpha value is -1.26. The summed E-state index contributed by atoms with van der Waals surface area (Å²) in [6.45, 7) is 5.65. The van der Waals surface area contributed by atoms with E-state index in [0.29, 0.717) is 5.56 Å². The van der Waals surface area contributed by atoms with E-state index in [1.54, 1.807) is 12.1 Å². The number of nitrogens with one attached hydrogen (secondary N) is 1. The second-order valence-corrected chi connectivity index (χ2v) is 6.28. The van der Waals surface area contributed by atoms with Gasteiger partial charge in [0.1, 0.15) is 5.75 Å². The summed E-state index contributed by atoms with van der Waals surface area (Å²) < 4.78 is 0. The number of halogens is 1. The molecule has 3 rings (SSSR count). The summed E-state index contributed by atoms with van der Waals surface area (Å²) in [7, 11) is 0. The van der Waals surface area contributed by atoms with Gasteiger partial charge in [0.25, 0.3) is 5.91 Å². The molecule has 0 aromatic heterocycles. The molecule has 2 fully saturated rings. The molecule has 0 radical (unpaired) electrons. The van der Waals surface area contributed by atoms with Gasteiger partial charge in [0.2, 0.25) is 0 Å². The summed E-state index contributed by atoms with van der Waals surface area (Å²) in [5, 5.41) is 13.4. The maximum Gasteiger partial charge on any atom is 0.257 e. The van der Waals surface area contributed by atoms with Gasteiger partial charge >= 0.3 is 0 Å². The van der Waals surface area contributed by atoms with Crippen LogP contribution in [0.5, 0.6) is 5.75 Å². The summed E-state index contributed by atoms with van der Waals surface area (Å²) in [4.78, 5) is 14.5. The number of phenols is 1. The fraction of sp³-hybridized carbons (Fsp3) is 0.562. The molecule has 4 nitrogen and oxygen atoms in total. The Morgan fingerprint density at radius 1 is 1.38 bits per heavy atom. The number of likely N-dealkylation sites (tertiary alicyclic amines) is 1. The fourth-order valence-electron chi connectivity index (χ4n) is 3.48. The SMILES string of the molecule is Cc1ccc(O)c(C(=O)N2CCC3(CCCNC3)C2)c1.Cl. The topological polar surface area (TPSA) is 52.6 Å². The third-order valence-corrected chi connectivity index (χ3v) is 4.67. The quantitative estimate of drug-likeness (QED) is 0.837. The van der Waals surface area contributed by atoms with Crippen molar-refractivity contribution < 1.29 is 9.90 Å². The first kappa shape index (κ1) is 16.1. The number of benzene rings is 1. The van der Waals surface area contributed by atoms with Gasteiger partial charge in [-0.15, -0.1) is 12.4 Å². The third kappa shape index (κ3) is 3.16. The molecule has 116 valence electrons. The van der Waals surface area contributed by atoms with Gasteiger partial charge in [-0.1, -0.05) is 11.6 Å². The highest BCUT2D eigenvalue weighted by Crippen LogP contribution is 2.37. The number of aromatic hydroxyl groups is 1. The Kier molecular flexibility index (Phi) is 4.79. The molecular weight excluding hydrogens is 288 g/mol. The summed E-state index contributed by atoms with van der Waals surface area (Å²) in [5.74, 6) is 0.0527. The van der Waals surface area contributed by atoms with Crippen LogP contribution in [0.2, 0.25) is 0 Å². The van der Waals surface area contributed by atoms with E-state index in [-0.39, 0.29) is 29.5 Å². The zero-order valence-corrected chi connectivity index (χ0v) is 13.2. The molecule has 2 saturated heterocycles. The highest BCUT2D eigenvalue weighted by Gasteiger charge is 2.41. The van der Waals surface area contributed by atoms with Crippen LogP contribution in [0.3, 0.4) is 0 Å². The summed E-state index contributed by atoms with van der Waals surface area (Å²) >= 11 is 0. The molecule has 2 N–H and O–H groups in total. The van der Waals surface area contributed by atoms with Gasteiger partial charge in [-0.2, -0.15) is 0 Å². The molecule has 0 aliphatic carbocycles. The van der Waals surface area contributed by atoms with Gasteiger partial charge < -0.3 is 15.3 Å². The lowest BCUT2D eigenvalue weighted by Gasteiger charge is -2.33. The maximum absolute atomic E-state index is 12.6.